The zero-order valence-corrected chi connectivity index (χ0v) is 31.7. The maximum atomic E-state index is 2.42. The molecular weight excluding hydrogens is 701 g/mol. The second-order valence-corrected chi connectivity index (χ2v) is 15.3. The van der Waals surface area contributed by atoms with Gasteiger partial charge in [0, 0.05) is 32.9 Å². The fraction of sp³-hybridized carbons (Fsp3) is 0. The predicted octanol–water partition coefficient (Wildman–Crippen LogP) is 15.2. The Balaban J connectivity index is 1.01. The molecule has 0 bridgehead atoms. The minimum Gasteiger partial charge on any atom is -0.309 e. The molecule has 0 aliphatic carbocycles. The van der Waals surface area contributed by atoms with E-state index in [-0.39, 0.29) is 0 Å². The second-order valence-electron chi connectivity index (χ2n) is 15.3. The van der Waals surface area contributed by atoms with Gasteiger partial charge in [0.2, 0.25) is 0 Å². The molecule has 0 saturated carbocycles. The van der Waals surface area contributed by atoms with Crippen molar-refractivity contribution in [2.75, 3.05) is 0 Å². The van der Waals surface area contributed by atoms with Crippen LogP contribution >= 0.6 is 0 Å². The van der Waals surface area contributed by atoms with Gasteiger partial charge in [0.05, 0.1) is 22.1 Å². The van der Waals surface area contributed by atoms with Crippen LogP contribution in [0, 0.1) is 0 Å². The van der Waals surface area contributed by atoms with E-state index < -0.39 is 0 Å². The van der Waals surface area contributed by atoms with Crippen LogP contribution in [0.15, 0.2) is 218 Å². The van der Waals surface area contributed by atoms with Crippen LogP contribution in [0.25, 0.3) is 110 Å². The molecule has 2 aromatic heterocycles. The topological polar surface area (TPSA) is 9.86 Å². The third kappa shape index (κ3) is 5.05. The number of nitrogens with zero attached hydrogens (tertiary/aromatic N) is 2. The fourth-order valence-corrected chi connectivity index (χ4v) is 9.41. The number of para-hydroxylation sites is 2. The van der Waals surface area contributed by atoms with Crippen molar-refractivity contribution in [2.24, 2.45) is 0 Å². The van der Waals surface area contributed by atoms with Crippen molar-refractivity contribution >= 4 is 65.2 Å². The lowest BCUT2D eigenvalue weighted by Gasteiger charge is -2.14. The average Bonchev–Trinajstić information content (AvgIpc) is 3.81. The molecule has 270 valence electrons. The first-order valence-corrected chi connectivity index (χ1v) is 20.0. The summed E-state index contributed by atoms with van der Waals surface area (Å²) in [7, 11) is 0. The van der Waals surface area contributed by atoms with Crippen LogP contribution in [0.4, 0.5) is 0 Å². The smallest absolute Gasteiger partial charge is 0.0541 e. The highest BCUT2D eigenvalue weighted by atomic mass is 15.0. The summed E-state index contributed by atoms with van der Waals surface area (Å²) < 4.78 is 4.82. The minimum atomic E-state index is 1.16. The Kier molecular flexibility index (Phi) is 7.26. The van der Waals surface area contributed by atoms with Crippen molar-refractivity contribution in [3.05, 3.63) is 218 Å². The number of hydrogen-bond donors (Lipinski definition) is 0. The molecule has 0 unspecified atom stereocenters. The van der Waals surface area contributed by atoms with E-state index in [9.17, 15) is 0 Å². The van der Waals surface area contributed by atoms with Gasteiger partial charge in [0.1, 0.15) is 0 Å². The third-order valence-electron chi connectivity index (χ3n) is 12.1. The number of hydrogen-bond acceptors (Lipinski definition) is 0. The zero-order valence-electron chi connectivity index (χ0n) is 31.7. The van der Waals surface area contributed by atoms with E-state index in [4.69, 9.17) is 0 Å². The van der Waals surface area contributed by atoms with Gasteiger partial charge in [-0.25, -0.2) is 0 Å². The Morgan fingerprint density at radius 2 is 0.707 bits per heavy atom. The molecule has 0 aliphatic heterocycles. The van der Waals surface area contributed by atoms with Crippen LogP contribution in [-0.2, 0) is 0 Å². The molecule has 0 atom stereocenters. The summed E-state index contributed by atoms with van der Waals surface area (Å²) >= 11 is 0. The molecule has 2 heteroatoms. The molecule has 0 amide bonds. The highest BCUT2D eigenvalue weighted by Crippen LogP contribution is 2.42. The molecule has 58 heavy (non-hydrogen) atoms. The Morgan fingerprint density at radius 1 is 0.241 bits per heavy atom. The van der Waals surface area contributed by atoms with Crippen molar-refractivity contribution < 1.29 is 0 Å². The van der Waals surface area contributed by atoms with Gasteiger partial charge in [-0.15, -0.1) is 0 Å². The Labute approximate surface area is 336 Å². The van der Waals surface area contributed by atoms with E-state index in [1.807, 2.05) is 0 Å². The monoisotopic (exact) mass is 736 g/mol. The normalized spacial score (nSPS) is 11.8. The van der Waals surface area contributed by atoms with Crippen LogP contribution in [0.1, 0.15) is 0 Å². The van der Waals surface area contributed by atoms with E-state index in [1.165, 1.54) is 104 Å². The Bertz CT molecular complexity index is 3540. The summed E-state index contributed by atoms with van der Waals surface area (Å²) in [6.45, 7) is 0. The van der Waals surface area contributed by atoms with Gasteiger partial charge in [-0.3, -0.25) is 0 Å². The van der Waals surface area contributed by atoms with Crippen molar-refractivity contribution in [1.29, 1.82) is 0 Å². The molecule has 0 fully saturated rings. The van der Waals surface area contributed by atoms with E-state index in [1.54, 1.807) is 0 Å². The summed E-state index contributed by atoms with van der Waals surface area (Å²) in [5.74, 6) is 0. The van der Waals surface area contributed by atoms with Gasteiger partial charge in [0.15, 0.2) is 0 Å². The molecule has 0 saturated heterocycles. The molecule has 0 N–H and O–H groups in total. The summed E-state index contributed by atoms with van der Waals surface area (Å²) in [4.78, 5) is 0. The van der Waals surface area contributed by atoms with E-state index in [0.717, 1.165) is 5.69 Å². The van der Waals surface area contributed by atoms with Crippen LogP contribution in [0.3, 0.4) is 0 Å². The average molecular weight is 737 g/mol. The van der Waals surface area contributed by atoms with Crippen LogP contribution in [-0.4, -0.2) is 9.13 Å². The molecule has 10 aromatic carbocycles. The van der Waals surface area contributed by atoms with Gasteiger partial charge >= 0.3 is 0 Å². The number of fused-ring (bicyclic) bond motifs is 8. The van der Waals surface area contributed by atoms with Crippen LogP contribution in [0.5, 0.6) is 0 Å². The molecule has 12 aromatic rings. The van der Waals surface area contributed by atoms with Crippen LogP contribution in [0.2, 0.25) is 0 Å². The Hall–Kier alpha value is -7.68. The lowest BCUT2D eigenvalue weighted by Crippen LogP contribution is -1.94. The second kappa shape index (κ2) is 12.9. The van der Waals surface area contributed by atoms with Crippen molar-refractivity contribution in [2.45, 2.75) is 0 Å². The molecular formula is C56H36N2. The number of aromatic nitrogens is 2. The minimum absolute atomic E-state index is 1.16. The molecule has 0 radical (unpaired) electrons. The summed E-state index contributed by atoms with van der Waals surface area (Å²) in [5, 5.41) is 9.99. The van der Waals surface area contributed by atoms with Gasteiger partial charge in [-0.1, -0.05) is 158 Å². The quantitative estimate of drug-likeness (QED) is 0.167. The molecule has 2 nitrogen and oxygen atoms in total. The summed E-state index contributed by atoms with van der Waals surface area (Å²) in [5.41, 5.74) is 14.5. The number of rotatable bonds is 5. The Morgan fingerprint density at radius 3 is 1.34 bits per heavy atom. The largest absolute Gasteiger partial charge is 0.309 e. The van der Waals surface area contributed by atoms with E-state index in [2.05, 4.69) is 228 Å². The van der Waals surface area contributed by atoms with Gasteiger partial charge < -0.3 is 9.13 Å². The predicted molar refractivity (Wildman–Crippen MR) is 246 cm³/mol. The zero-order chi connectivity index (χ0) is 38.2. The van der Waals surface area contributed by atoms with Crippen LogP contribution < -0.4 is 0 Å². The van der Waals surface area contributed by atoms with Gasteiger partial charge in [0.25, 0.3) is 0 Å². The summed E-state index contributed by atoms with van der Waals surface area (Å²) in [6.07, 6.45) is 0. The first-order valence-electron chi connectivity index (χ1n) is 20.0. The number of benzene rings is 10. The van der Waals surface area contributed by atoms with E-state index in [0.29, 0.717) is 0 Å². The molecule has 0 aliphatic rings. The third-order valence-corrected chi connectivity index (χ3v) is 12.1. The van der Waals surface area contributed by atoms with Gasteiger partial charge in [-0.2, -0.15) is 0 Å². The lowest BCUT2D eigenvalue weighted by atomic mass is 9.90. The molecule has 2 heterocycles. The first-order chi connectivity index (χ1) is 28.8. The van der Waals surface area contributed by atoms with Gasteiger partial charge in [-0.05, 0) is 116 Å². The maximum absolute atomic E-state index is 2.42. The SMILES string of the molecule is c1ccc(-c2ccc(-n3c4ccccc4c4cc(-c5cccc6cccc(-c7ccc8c(c7)c7ccccc7n8-c7ccc8ccccc8c7)c56)ccc43)cc2)cc1. The highest BCUT2D eigenvalue weighted by Gasteiger charge is 2.18. The fourth-order valence-electron chi connectivity index (χ4n) is 9.41. The highest BCUT2D eigenvalue weighted by molar-refractivity contribution is 6.15. The first kappa shape index (κ1) is 32.6. The molecule has 0 spiro atoms. The van der Waals surface area contributed by atoms with E-state index >= 15 is 0 Å². The summed E-state index contributed by atoms with van der Waals surface area (Å²) in [6, 6.07) is 80.0. The standard InChI is InChI=1S/C56H36N2/c1-2-12-37(13-3-1)39-24-29-44(30-25-39)57-52-22-8-6-18-48(52)50-35-42(27-32-54(50)57)46-20-10-16-40-17-11-21-47(56(40)46)43-28-33-55-51(36-43)49-19-7-9-23-53(49)58(55)45-31-26-38-14-4-5-15-41(38)34-45/h1-36H. The maximum Gasteiger partial charge on any atom is 0.0541 e. The van der Waals surface area contributed by atoms with Crippen molar-refractivity contribution in [3.63, 3.8) is 0 Å². The lowest BCUT2D eigenvalue weighted by molar-refractivity contribution is 1.18. The van der Waals surface area contributed by atoms with Crippen molar-refractivity contribution in [3.8, 4) is 44.8 Å². The van der Waals surface area contributed by atoms with Crippen molar-refractivity contribution in [1.82, 2.24) is 9.13 Å². The molecule has 12 rings (SSSR count).